The number of aliphatic carboxylic acids is 1. The highest BCUT2D eigenvalue weighted by Gasteiger charge is 2.55. The van der Waals surface area contributed by atoms with Gasteiger partial charge in [-0.05, 0) is 25.2 Å². The zero-order valence-corrected chi connectivity index (χ0v) is 21.2. The number of ether oxygens (including phenoxy) is 3. The van der Waals surface area contributed by atoms with Gasteiger partial charge in [0.2, 0.25) is 5.60 Å². The number of carbonyl (C=O) groups excluding carboxylic acids is 3. The van der Waals surface area contributed by atoms with Crippen molar-refractivity contribution in [2.75, 3.05) is 13.2 Å². The molecule has 0 aromatic heterocycles. The normalized spacial score (nSPS) is 13.8. The first-order valence-electron chi connectivity index (χ1n) is 12.4. The van der Waals surface area contributed by atoms with Crippen molar-refractivity contribution in [3.63, 3.8) is 0 Å². The number of esters is 3. The summed E-state index contributed by atoms with van der Waals surface area (Å²) in [5.41, 5.74) is -2.26. The summed E-state index contributed by atoms with van der Waals surface area (Å²) < 4.78 is 16.0. The van der Waals surface area contributed by atoms with Crippen molar-refractivity contribution in [1.82, 2.24) is 0 Å². The molecule has 1 N–H and O–H groups in total. The highest BCUT2D eigenvalue weighted by atomic mass is 16.6. The molecule has 0 radical (unpaired) electrons. The fourth-order valence-electron chi connectivity index (χ4n) is 3.61. The topological polar surface area (TPSA) is 116 Å². The van der Waals surface area contributed by atoms with Gasteiger partial charge in [-0.3, -0.25) is 14.4 Å². The summed E-state index contributed by atoms with van der Waals surface area (Å²) in [7, 11) is 0. The van der Waals surface area contributed by atoms with Crippen LogP contribution in [0.15, 0.2) is 0 Å². The Morgan fingerprint density at radius 3 is 1.85 bits per heavy atom. The number of unbranched alkanes of at least 4 members (excludes halogenated alkanes) is 5. The van der Waals surface area contributed by atoms with E-state index in [-0.39, 0.29) is 19.6 Å². The monoisotopic (exact) mass is 472 g/mol. The molecular weight excluding hydrogens is 428 g/mol. The molecule has 0 amide bonds. The fourth-order valence-corrected chi connectivity index (χ4v) is 3.61. The highest BCUT2D eigenvalue weighted by Crippen LogP contribution is 2.34. The molecule has 0 saturated heterocycles. The molecule has 192 valence electrons. The lowest BCUT2D eigenvalue weighted by Gasteiger charge is -2.35. The summed E-state index contributed by atoms with van der Waals surface area (Å²) in [6.07, 6.45) is 6.53. The standard InChI is InChI=1S/C25H44O8/c1-6-8-16-31-23(29)21(15-13-11-10-12-14-19(3)4)25(18-22(27)28,33-20(5)26)24(30)32-17-9-7-2/h19,21H,6-18H2,1-5H3,(H,27,28). The van der Waals surface area contributed by atoms with E-state index in [1.807, 2.05) is 13.8 Å². The first kappa shape index (κ1) is 30.9. The van der Waals surface area contributed by atoms with Crippen LogP contribution in [0.2, 0.25) is 0 Å². The Balaban J connectivity index is 5.84. The molecule has 0 fully saturated rings. The molecule has 0 aliphatic rings. The van der Waals surface area contributed by atoms with E-state index in [9.17, 15) is 24.3 Å². The number of rotatable bonds is 19. The zero-order valence-electron chi connectivity index (χ0n) is 21.2. The summed E-state index contributed by atoms with van der Waals surface area (Å²) >= 11 is 0. The van der Waals surface area contributed by atoms with E-state index in [4.69, 9.17) is 14.2 Å². The van der Waals surface area contributed by atoms with Crippen LogP contribution < -0.4 is 0 Å². The van der Waals surface area contributed by atoms with Gasteiger partial charge in [0.25, 0.3) is 0 Å². The van der Waals surface area contributed by atoms with Gasteiger partial charge < -0.3 is 19.3 Å². The van der Waals surface area contributed by atoms with E-state index in [2.05, 4.69) is 13.8 Å². The predicted molar refractivity (Wildman–Crippen MR) is 125 cm³/mol. The van der Waals surface area contributed by atoms with Crippen molar-refractivity contribution in [3.05, 3.63) is 0 Å². The second-order valence-corrected chi connectivity index (χ2v) is 9.00. The van der Waals surface area contributed by atoms with Crippen molar-refractivity contribution in [2.24, 2.45) is 11.8 Å². The summed E-state index contributed by atoms with van der Waals surface area (Å²) in [5, 5.41) is 9.57. The maximum atomic E-state index is 13.1. The molecule has 0 spiro atoms. The predicted octanol–water partition coefficient (Wildman–Crippen LogP) is 5.06. The number of carboxylic acid groups (broad SMARTS) is 1. The number of hydrogen-bond acceptors (Lipinski definition) is 7. The second kappa shape index (κ2) is 17.4. The Bertz CT molecular complexity index is 583. The average molecular weight is 473 g/mol. The van der Waals surface area contributed by atoms with Crippen molar-refractivity contribution < 1.29 is 38.5 Å². The fraction of sp³-hybridized carbons (Fsp3) is 0.840. The van der Waals surface area contributed by atoms with E-state index in [0.29, 0.717) is 25.2 Å². The van der Waals surface area contributed by atoms with Crippen LogP contribution in [-0.4, -0.2) is 47.8 Å². The van der Waals surface area contributed by atoms with Crippen molar-refractivity contribution in [1.29, 1.82) is 0 Å². The maximum absolute atomic E-state index is 13.1. The van der Waals surface area contributed by atoms with Gasteiger partial charge in [-0.1, -0.05) is 72.6 Å². The third kappa shape index (κ3) is 12.6. The lowest BCUT2D eigenvalue weighted by Crippen LogP contribution is -2.55. The van der Waals surface area contributed by atoms with Crippen molar-refractivity contribution >= 4 is 23.9 Å². The Morgan fingerprint density at radius 2 is 1.36 bits per heavy atom. The third-order valence-corrected chi connectivity index (χ3v) is 5.43. The SMILES string of the molecule is CCCCOC(=O)C(CCCCCCC(C)C)C(CC(=O)O)(OC(C)=O)C(=O)OCCCC. The molecule has 0 aromatic carbocycles. The molecular formula is C25H44O8. The van der Waals surface area contributed by atoms with E-state index in [0.717, 1.165) is 45.4 Å². The van der Waals surface area contributed by atoms with Gasteiger partial charge in [0, 0.05) is 6.92 Å². The molecule has 8 nitrogen and oxygen atoms in total. The molecule has 0 saturated carbocycles. The van der Waals surface area contributed by atoms with Crippen LogP contribution in [0, 0.1) is 11.8 Å². The number of carboxylic acids is 1. The lowest BCUT2D eigenvalue weighted by atomic mass is 9.80. The van der Waals surface area contributed by atoms with Crippen molar-refractivity contribution in [2.45, 2.75) is 111 Å². The maximum Gasteiger partial charge on any atom is 0.352 e. The minimum Gasteiger partial charge on any atom is -0.481 e. The molecule has 8 heteroatoms. The van der Waals surface area contributed by atoms with Crippen LogP contribution in [0.25, 0.3) is 0 Å². The van der Waals surface area contributed by atoms with Gasteiger partial charge in [0.1, 0.15) is 5.92 Å². The summed E-state index contributed by atoms with van der Waals surface area (Å²) in [4.78, 5) is 49.9. The van der Waals surface area contributed by atoms with E-state index >= 15 is 0 Å². The molecule has 0 aliphatic carbocycles. The minimum absolute atomic E-state index is 0.0464. The zero-order chi connectivity index (χ0) is 25.3. The Hall–Kier alpha value is -2.12. The Kier molecular flexibility index (Phi) is 16.3. The number of carbonyl (C=O) groups is 4. The lowest BCUT2D eigenvalue weighted by molar-refractivity contribution is -0.198. The molecule has 0 aromatic rings. The first-order valence-corrected chi connectivity index (χ1v) is 12.4. The number of hydrogen-bond donors (Lipinski definition) is 1. The smallest absolute Gasteiger partial charge is 0.352 e. The van der Waals surface area contributed by atoms with Gasteiger partial charge >= 0.3 is 23.9 Å². The van der Waals surface area contributed by atoms with Crippen LogP contribution in [0.1, 0.15) is 105 Å². The van der Waals surface area contributed by atoms with Crippen LogP contribution in [0.4, 0.5) is 0 Å². The van der Waals surface area contributed by atoms with Gasteiger partial charge in [-0.15, -0.1) is 0 Å². The van der Waals surface area contributed by atoms with Gasteiger partial charge in [-0.25, -0.2) is 4.79 Å². The molecule has 2 unspecified atom stereocenters. The molecule has 0 rings (SSSR count). The quantitative estimate of drug-likeness (QED) is 0.157. The average Bonchev–Trinajstić information content (AvgIpc) is 2.71. The third-order valence-electron chi connectivity index (χ3n) is 5.43. The van der Waals surface area contributed by atoms with Crippen LogP contribution >= 0.6 is 0 Å². The Labute approximate surface area is 198 Å². The molecule has 0 heterocycles. The van der Waals surface area contributed by atoms with E-state index in [1.165, 1.54) is 0 Å². The largest absolute Gasteiger partial charge is 0.481 e. The summed E-state index contributed by atoms with van der Waals surface area (Å²) in [6, 6.07) is 0. The molecule has 33 heavy (non-hydrogen) atoms. The van der Waals surface area contributed by atoms with Crippen LogP contribution in [0.5, 0.6) is 0 Å². The minimum atomic E-state index is -2.26. The van der Waals surface area contributed by atoms with E-state index in [1.54, 1.807) is 0 Å². The summed E-state index contributed by atoms with van der Waals surface area (Å²) in [6.45, 7) is 9.46. The van der Waals surface area contributed by atoms with E-state index < -0.39 is 41.8 Å². The van der Waals surface area contributed by atoms with Gasteiger partial charge in [-0.2, -0.15) is 0 Å². The van der Waals surface area contributed by atoms with Crippen LogP contribution in [0.3, 0.4) is 0 Å². The van der Waals surface area contributed by atoms with Crippen molar-refractivity contribution in [3.8, 4) is 0 Å². The second-order valence-electron chi connectivity index (χ2n) is 9.00. The molecule has 2 atom stereocenters. The highest BCUT2D eigenvalue weighted by molar-refractivity contribution is 5.93. The first-order chi connectivity index (χ1) is 15.6. The molecule has 0 aliphatic heterocycles. The van der Waals surface area contributed by atoms with Crippen LogP contribution in [-0.2, 0) is 33.4 Å². The molecule has 0 bridgehead atoms. The summed E-state index contributed by atoms with van der Waals surface area (Å²) in [5.74, 6) is -4.62. The van der Waals surface area contributed by atoms with Gasteiger partial charge in [0.05, 0.1) is 19.6 Å². The Morgan fingerprint density at radius 1 is 0.818 bits per heavy atom. The van der Waals surface area contributed by atoms with Gasteiger partial charge in [0.15, 0.2) is 0 Å².